The van der Waals surface area contributed by atoms with Gasteiger partial charge in [0.25, 0.3) is 0 Å². The number of piperidine rings is 1. The summed E-state index contributed by atoms with van der Waals surface area (Å²) in [6.45, 7) is 8.54. The zero-order chi connectivity index (χ0) is 9.90. The lowest BCUT2D eigenvalue weighted by molar-refractivity contribution is 0.0871. The van der Waals surface area contributed by atoms with Gasteiger partial charge in [-0.05, 0) is 38.8 Å². The van der Waals surface area contributed by atoms with Crippen LogP contribution in [0.5, 0.6) is 0 Å². The number of rotatable bonds is 2. The quantitative estimate of drug-likeness (QED) is 0.652. The molecule has 0 radical (unpaired) electrons. The number of hydrogen-bond donors (Lipinski definition) is 0. The molecular formula is C11H20N2. The molecule has 1 saturated heterocycles. The first kappa shape index (κ1) is 10.5. The third kappa shape index (κ3) is 2.03. The molecule has 1 atom stereocenters. The number of hydrogen-bond acceptors (Lipinski definition) is 2. The van der Waals surface area contributed by atoms with Crippen molar-refractivity contribution in [2.24, 2.45) is 5.92 Å². The van der Waals surface area contributed by atoms with Crippen LogP contribution in [-0.2, 0) is 0 Å². The molecule has 0 aromatic carbocycles. The Morgan fingerprint density at radius 1 is 1.23 bits per heavy atom. The van der Waals surface area contributed by atoms with E-state index in [1.54, 1.807) is 0 Å². The number of nitriles is 1. The Balaban J connectivity index is 2.70. The fraction of sp³-hybridized carbons (Fsp3) is 0.909. The van der Waals surface area contributed by atoms with Crippen LogP contribution in [0.25, 0.3) is 0 Å². The molecule has 0 amide bonds. The fourth-order valence-corrected chi connectivity index (χ4v) is 1.92. The van der Waals surface area contributed by atoms with Crippen molar-refractivity contribution in [2.75, 3.05) is 13.1 Å². The van der Waals surface area contributed by atoms with Crippen LogP contribution in [0, 0.1) is 17.2 Å². The first-order chi connectivity index (χ1) is 6.11. The lowest BCUT2D eigenvalue weighted by atomic mass is 9.86. The molecule has 1 heterocycles. The van der Waals surface area contributed by atoms with E-state index < -0.39 is 0 Å². The van der Waals surface area contributed by atoms with Crippen LogP contribution in [0.3, 0.4) is 0 Å². The smallest absolute Gasteiger partial charge is 0.108 e. The van der Waals surface area contributed by atoms with E-state index in [0.29, 0.717) is 5.92 Å². The van der Waals surface area contributed by atoms with E-state index in [4.69, 9.17) is 0 Å². The summed E-state index contributed by atoms with van der Waals surface area (Å²) in [5.41, 5.74) is -0.250. The minimum absolute atomic E-state index is 0.250. The molecule has 13 heavy (non-hydrogen) atoms. The third-order valence-corrected chi connectivity index (χ3v) is 3.36. The minimum Gasteiger partial charge on any atom is -0.286 e. The summed E-state index contributed by atoms with van der Waals surface area (Å²) >= 11 is 0. The van der Waals surface area contributed by atoms with E-state index in [-0.39, 0.29) is 5.54 Å². The summed E-state index contributed by atoms with van der Waals surface area (Å²) in [7, 11) is 0. The molecule has 2 heteroatoms. The fourth-order valence-electron chi connectivity index (χ4n) is 1.92. The lowest BCUT2D eigenvalue weighted by Crippen LogP contribution is -2.51. The van der Waals surface area contributed by atoms with Crippen LogP contribution in [0.2, 0.25) is 0 Å². The average molecular weight is 180 g/mol. The van der Waals surface area contributed by atoms with Gasteiger partial charge in [-0.2, -0.15) is 5.26 Å². The summed E-state index contributed by atoms with van der Waals surface area (Å²) in [5.74, 6) is 0.413. The van der Waals surface area contributed by atoms with Crippen molar-refractivity contribution in [3.05, 3.63) is 0 Å². The SMILES string of the molecule is CC(C)C(C)(C#N)N1CCCCC1. The zero-order valence-corrected chi connectivity index (χ0v) is 9.01. The van der Waals surface area contributed by atoms with E-state index in [2.05, 4.69) is 31.7 Å². The van der Waals surface area contributed by atoms with Crippen LogP contribution >= 0.6 is 0 Å². The molecule has 1 rings (SSSR count). The predicted molar refractivity (Wildman–Crippen MR) is 54.3 cm³/mol. The first-order valence-corrected chi connectivity index (χ1v) is 5.27. The maximum Gasteiger partial charge on any atom is 0.108 e. The van der Waals surface area contributed by atoms with Crippen molar-refractivity contribution < 1.29 is 0 Å². The molecule has 0 bridgehead atoms. The van der Waals surface area contributed by atoms with E-state index in [1.165, 1.54) is 19.3 Å². The molecule has 1 aliphatic heterocycles. The summed E-state index contributed by atoms with van der Waals surface area (Å²) < 4.78 is 0. The average Bonchev–Trinajstić information content (AvgIpc) is 2.17. The second-order valence-electron chi connectivity index (χ2n) is 4.46. The standard InChI is InChI=1S/C11H20N2/c1-10(2)11(3,9-12)13-7-5-4-6-8-13/h10H,4-8H2,1-3H3. The first-order valence-electron chi connectivity index (χ1n) is 5.27. The zero-order valence-electron chi connectivity index (χ0n) is 9.01. The predicted octanol–water partition coefficient (Wildman–Crippen LogP) is 2.41. The van der Waals surface area contributed by atoms with E-state index >= 15 is 0 Å². The van der Waals surface area contributed by atoms with Gasteiger partial charge in [0, 0.05) is 0 Å². The molecule has 1 aliphatic rings. The molecule has 0 aliphatic carbocycles. The van der Waals surface area contributed by atoms with Crippen LogP contribution < -0.4 is 0 Å². The van der Waals surface area contributed by atoms with Gasteiger partial charge in [0.05, 0.1) is 6.07 Å². The molecule has 74 valence electrons. The topological polar surface area (TPSA) is 27.0 Å². The van der Waals surface area contributed by atoms with Crippen molar-refractivity contribution in [3.63, 3.8) is 0 Å². The Labute approximate surface area is 81.5 Å². The molecule has 0 aromatic rings. The summed E-state index contributed by atoms with van der Waals surface area (Å²) in [6, 6.07) is 2.47. The Kier molecular flexibility index (Phi) is 3.33. The van der Waals surface area contributed by atoms with Gasteiger partial charge in [0.1, 0.15) is 5.54 Å². The highest BCUT2D eigenvalue weighted by molar-refractivity contribution is 5.07. The second-order valence-corrected chi connectivity index (χ2v) is 4.46. The molecule has 1 fully saturated rings. The van der Waals surface area contributed by atoms with Crippen molar-refractivity contribution in [2.45, 2.75) is 45.6 Å². The van der Waals surface area contributed by atoms with Crippen molar-refractivity contribution in [1.29, 1.82) is 5.26 Å². The summed E-state index contributed by atoms with van der Waals surface area (Å²) in [6.07, 6.45) is 3.84. The maximum atomic E-state index is 9.22. The lowest BCUT2D eigenvalue weighted by Gasteiger charge is -2.41. The minimum atomic E-state index is -0.250. The van der Waals surface area contributed by atoms with Crippen LogP contribution in [0.4, 0.5) is 0 Å². The number of nitrogens with zero attached hydrogens (tertiary/aromatic N) is 2. The third-order valence-electron chi connectivity index (χ3n) is 3.36. The molecule has 1 unspecified atom stereocenters. The van der Waals surface area contributed by atoms with Gasteiger partial charge in [0.15, 0.2) is 0 Å². The Morgan fingerprint density at radius 2 is 1.77 bits per heavy atom. The Morgan fingerprint density at radius 3 is 2.15 bits per heavy atom. The van der Waals surface area contributed by atoms with Crippen LogP contribution in [0.15, 0.2) is 0 Å². The highest BCUT2D eigenvalue weighted by Gasteiger charge is 2.35. The van der Waals surface area contributed by atoms with Gasteiger partial charge in [-0.15, -0.1) is 0 Å². The second kappa shape index (κ2) is 4.11. The number of likely N-dealkylation sites (tertiary alicyclic amines) is 1. The Hall–Kier alpha value is -0.550. The maximum absolute atomic E-state index is 9.22. The molecule has 0 aromatic heterocycles. The molecule has 2 nitrogen and oxygen atoms in total. The van der Waals surface area contributed by atoms with Gasteiger partial charge in [-0.3, -0.25) is 4.90 Å². The van der Waals surface area contributed by atoms with Gasteiger partial charge < -0.3 is 0 Å². The normalized spacial score (nSPS) is 23.9. The highest BCUT2D eigenvalue weighted by Crippen LogP contribution is 2.27. The van der Waals surface area contributed by atoms with E-state index in [9.17, 15) is 5.26 Å². The molecular weight excluding hydrogens is 160 g/mol. The monoisotopic (exact) mass is 180 g/mol. The summed E-state index contributed by atoms with van der Waals surface area (Å²) in [5, 5.41) is 9.22. The van der Waals surface area contributed by atoms with Crippen molar-refractivity contribution in [1.82, 2.24) is 4.90 Å². The van der Waals surface area contributed by atoms with Crippen molar-refractivity contribution in [3.8, 4) is 6.07 Å². The summed E-state index contributed by atoms with van der Waals surface area (Å²) in [4.78, 5) is 2.35. The van der Waals surface area contributed by atoms with E-state index in [0.717, 1.165) is 13.1 Å². The molecule has 0 spiro atoms. The van der Waals surface area contributed by atoms with Gasteiger partial charge >= 0.3 is 0 Å². The largest absolute Gasteiger partial charge is 0.286 e. The Bertz CT molecular complexity index is 199. The van der Waals surface area contributed by atoms with Crippen LogP contribution in [-0.4, -0.2) is 23.5 Å². The molecule has 0 N–H and O–H groups in total. The van der Waals surface area contributed by atoms with Crippen LogP contribution in [0.1, 0.15) is 40.0 Å². The molecule has 0 saturated carbocycles. The highest BCUT2D eigenvalue weighted by atomic mass is 15.2. The van der Waals surface area contributed by atoms with Gasteiger partial charge in [-0.1, -0.05) is 20.3 Å². The van der Waals surface area contributed by atoms with E-state index in [1.807, 2.05) is 0 Å². The van der Waals surface area contributed by atoms with Gasteiger partial charge in [0.2, 0.25) is 0 Å². The van der Waals surface area contributed by atoms with Crippen molar-refractivity contribution >= 4 is 0 Å². The van der Waals surface area contributed by atoms with Gasteiger partial charge in [-0.25, -0.2) is 0 Å².